The first-order chi connectivity index (χ1) is 18.0. The molecular formula is C30H39N5O2S. The number of aryl methyl sites for hydroxylation is 2. The Morgan fingerprint density at radius 3 is 2.45 bits per heavy atom. The molecule has 0 saturated carbocycles. The van der Waals surface area contributed by atoms with Crippen molar-refractivity contribution in [3.63, 3.8) is 0 Å². The Balaban J connectivity index is 1.92. The number of benzene rings is 2. The largest absolute Gasteiger partial charge is 0.353 e. The number of thioether (sulfide) groups is 1. The van der Waals surface area contributed by atoms with E-state index >= 15 is 0 Å². The summed E-state index contributed by atoms with van der Waals surface area (Å²) < 4.78 is 1.87. The minimum absolute atomic E-state index is 0.0541. The van der Waals surface area contributed by atoms with Gasteiger partial charge in [-0.25, -0.2) is 4.68 Å². The maximum Gasteiger partial charge on any atom is 0.240 e. The Labute approximate surface area is 230 Å². The number of likely N-dealkylation sites (N-methyl/N-ethyl adjacent to an activating group) is 1. The average molecular weight is 534 g/mol. The predicted molar refractivity (Wildman–Crippen MR) is 156 cm³/mol. The van der Waals surface area contributed by atoms with Crippen molar-refractivity contribution in [3.05, 3.63) is 76.5 Å². The Bertz CT molecular complexity index is 1310. The molecule has 2 heterocycles. The van der Waals surface area contributed by atoms with Crippen LogP contribution in [0.2, 0.25) is 0 Å². The Morgan fingerprint density at radius 1 is 1.11 bits per heavy atom. The normalized spacial score (nSPS) is 15.9. The lowest BCUT2D eigenvalue weighted by atomic mass is 9.87. The molecule has 0 aliphatic carbocycles. The van der Waals surface area contributed by atoms with Crippen LogP contribution in [0.25, 0.3) is 5.69 Å². The van der Waals surface area contributed by atoms with Crippen molar-refractivity contribution in [2.45, 2.75) is 45.3 Å². The van der Waals surface area contributed by atoms with E-state index in [0.717, 1.165) is 34.6 Å². The fourth-order valence-electron chi connectivity index (χ4n) is 4.65. The minimum atomic E-state index is -0.282. The second kappa shape index (κ2) is 11.3. The number of anilines is 1. The molecule has 4 rings (SSSR count). The summed E-state index contributed by atoms with van der Waals surface area (Å²) in [6.45, 7) is 11.8. The molecule has 1 N–H and O–H groups in total. The van der Waals surface area contributed by atoms with Gasteiger partial charge in [0, 0.05) is 24.1 Å². The van der Waals surface area contributed by atoms with Crippen LogP contribution in [0.4, 0.5) is 5.82 Å². The van der Waals surface area contributed by atoms with Gasteiger partial charge in [-0.1, -0.05) is 68.3 Å². The van der Waals surface area contributed by atoms with Gasteiger partial charge in [-0.3, -0.25) is 14.5 Å². The summed E-state index contributed by atoms with van der Waals surface area (Å²) >= 11 is 1.61. The van der Waals surface area contributed by atoms with E-state index in [4.69, 9.17) is 5.10 Å². The number of fused-ring (bicyclic) bond motifs is 1. The van der Waals surface area contributed by atoms with Crippen molar-refractivity contribution >= 4 is 29.4 Å². The number of nitrogens with zero attached hydrogens (tertiary/aromatic N) is 4. The number of carbonyl (C=O) groups excluding carboxylic acids is 2. The highest BCUT2D eigenvalue weighted by Gasteiger charge is 2.39. The molecule has 8 heteroatoms. The Hall–Kier alpha value is -3.10. The van der Waals surface area contributed by atoms with Crippen molar-refractivity contribution in [2.75, 3.05) is 44.4 Å². The maximum atomic E-state index is 13.7. The second-order valence-corrected chi connectivity index (χ2v) is 12.4. The number of aromatic nitrogens is 2. The van der Waals surface area contributed by atoms with E-state index < -0.39 is 0 Å². The molecule has 1 aliphatic rings. The Kier molecular flexibility index (Phi) is 8.33. The molecular weight excluding hydrogens is 494 g/mol. The van der Waals surface area contributed by atoms with Gasteiger partial charge in [0.2, 0.25) is 11.8 Å². The van der Waals surface area contributed by atoms with Crippen LogP contribution in [0.3, 0.4) is 0 Å². The van der Waals surface area contributed by atoms with E-state index in [0.29, 0.717) is 12.4 Å². The lowest BCUT2D eigenvalue weighted by molar-refractivity contribution is -0.122. The fourth-order valence-corrected chi connectivity index (χ4v) is 5.84. The highest BCUT2D eigenvalue weighted by atomic mass is 32.2. The maximum absolute atomic E-state index is 13.7. The SMILES string of the molecule is Cc1ccc(-n2nc(C(C)(C)C)c3c2N(CC(=O)NCCN(C)C)C(=O)CSC3c2cccc(C)c2)cc1. The molecule has 1 aliphatic heterocycles. The molecule has 2 amide bonds. The van der Waals surface area contributed by atoms with Crippen LogP contribution in [0.15, 0.2) is 48.5 Å². The molecule has 1 unspecified atom stereocenters. The number of hydrogen-bond donors (Lipinski definition) is 1. The minimum Gasteiger partial charge on any atom is -0.353 e. The van der Waals surface area contributed by atoms with Crippen LogP contribution in [-0.2, 0) is 15.0 Å². The van der Waals surface area contributed by atoms with E-state index in [2.05, 4.69) is 57.3 Å². The zero-order valence-corrected chi connectivity index (χ0v) is 24.4. The summed E-state index contributed by atoms with van der Waals surface area (Å²) in [5, 5.41) is 8.03. The molecule has 0 fully saturated rings. The highest BCUT2D eigenvalue weighted by molar-refractivity contribution is 8.00. The van der Waals surface area contributed by atoms with Crippen molar-refractivity contribution in [2.24, 2.45) is 0 Å². The van der Waals surface area contributed by atoms with E-state index in [1.165, 1.54) is 5.56 Å². The van der Waals surface area contributed by atoms with E-state index in [9.17, 15) is 9.59 Å². The number of rotatable bonds is 7. The third-order valence-corrected chi connectivity index (χ3v) is 7.86. The first kappa shape index (κ1) is 27.9. The van der Waals surface area contributed by atoms with Gasteiger partial charge in [0.05, 0.1) is 22.4 Å². The van der Waals surface area contributed by atoms with Crippen molar-refractivity contribution in [1.29, 1.82) is 0 Å². The van der Waals surface area contributed by atoms with Crippen LogP contribution >= 0.6 is 11.8 Å². The van der Waals surface area contributed by atoms with Crippen LogP contribution in [0.1, 0.15) is 54.0 Å². The number of amides is 2. The van der Waals surface area contributed by atoms with E-state index in [-0.39, 0.29) is 34.8 Å². The van der Waals surface area contributed by atoms with Gasteiger partial charge in [-0.15, -0.1) is 11.8 Å². The molecule has 3 aromatic rings. The quantitative estimate of drug-likeness (QED) is 0.479. The van der Waals surface area contributed by atoms with Gasteiger partial charge in [-0.05, 0) is 45.6 Å². The molecule has 7 nitrogen and oxygen atoms in total. The second-order valence-electron chi connectivity index (χ2n) is 11.3. The predicted octanol–water partition coefficient (Wildman–Crippen LogP) is 4.63. The summed E-state index contributed by atoms with van der Waals surface area (Å²) in [6.07, 6.45) is 0. The van der Waals surface area contributed by atoms with E-state index in [1.54, 1.807) is 16.7 Å². The summed E-state index contributed by atoms with van der Waals surface area (Å²) in [7, 11) is 3.93. The Morgan fingerprint density at radius 2 is 1.82 bits per heavy atom. The highest BCUT2D eigenvalue weighted by Crippen LogP contribution is 2.48. The molecule has 0 bridgehead atoms. The molecule has 0 saturated heterocycles. The van der Waals surface area contributed by atoms with Gasteiger partial charge < -0.3 is 10.2 Å². The molecule has 0 spiro atoms. The van der Waals surface area contributed by atoms with Crippen LogP contribution in [-0.4, -0.2) is 66.0 Å². The number of nitrogens with one attached hydrogen (secondary N) is 1. The monoisotopic (exact) mass is 533 g/mol. The standard InChI is InChI=1S/C30H39N5O2S/c1-20-11-13-23(14-12-20)35-29-26(28(32-35)30(3,4)5)27(22-10-8-9-21(2)17-22)38-19-25(37)34(29)18-24(36)31-15-16-33(6)7/h8-14,17,27H,15-16,18-19H2,1-7H3,(H,31,36). The zero-order chi connectivity index (χ0) is 27.6. The van der Waals surface area contributed by atoms with Crippen molar-refractivity contribution < 1.29 is 9.59 Å². The van der Waals surface area contributed by atoms with Crippen LogP contribution in [0.5, 0.6) is 0 Å². The molecule has 38 heavy (non-hydrogen) atoms. The third kappa shape index (κ3) is 6.13. The molecule has 2 aromatic carbocycles. The summed E-state index contributed by atoms with van der Waals surface area (Å²) in [4.78, 5) is 30.5. The van der Waals surface area contributed by atoms with Crippen molar-refractivity contribution in [3.8, 4) is 5.69 Å². The van der Waals surface area contributed by atoms with Crippen LogP contribution in [0, 0.1) is 13.8 Å². The molecule has 1 aromatic heterocycles. The average Bonchev–Trinajstić information content (AvgIpc) is 3.17. The van der Waals surface area contributed by atoms with Crippen molar-refractivity contribution in [1.82, 2.24) is 20.0 Å². The smallest absolute Gasteiger partial charge is 0.240 e. The number of carbonyl (C=O) groups is 2. The lowest BCUT2D eigenvalue weighted by Gasteiger charge is -2.25. The molecule has 202 valence electrons. The first-order valence-corrected chi connectivity index (χ1v) is 14.1. The number of hydrogen-bond acceptors (Lipinski definition) is 5. The lowest BCUT2D eigenvalue weighted by Crippen LogP contribution is -2.43. The van der Waals surface area contributed by atoms with Gasteiger partial charge in [-0.2, -0.15) is 5.10 Å². The third-order valence-electron chi connectivity index (χ3n) is 6.61. The van der Waals surface area contributed by atoms with Gasteiger partial charge in [0.15, 0.2) is 0 Å². The fraction of sp³-hybridized carbons (Fsp3) is 0.433. The summed E-state index contributed by atoms with van der Waals surface area (Å²) in [6, 6.07) is 16.6. The first-order valence-electron chi connectivity index (χ1n) is 13.1. The zero-order valence-electron chi connectivity index (χ0n) is 23.5. The van der Waals surface area contributed by atoms with Gasteiger partial charge >= 0.3 is 0 Å². The van der Waals surface area contributed by atoms with Gasteiger partial charge in [0.1, 0.15) is 12.4 Å². The topological polar surface area (TPSA) is 70.5 Å². The molecule has 1 atom stereocenters. The van der Waals surface area contributed by atoms with Gasteiger partial charge in [0.25, 0.3) is 0 Å². The van der Waals surface area contributed by atoms with E-state index in [1.807, 2.05) is 54.9 Å². The van der Waals surface area contributed by atoms with Crippen LogP contribution < -0.4 is 10.2 Å². The summed E-state index contributed by atoms with van der Waals surface area (Å²) in [5.74, 6) is 0.681. The summed E-state index contributed by atoms with van der Waals surface area (Å²) in [5.41, 5.74) is 5.96. The molecule has 0 radical (unpaired) electrons.